The molecule has 0 amide bonds. The Bertz CT molecular complexity index is 470. The summed E-state index contributed by atoms with van der Waals surface area (Å²) in [5.74, 6) is 4.62. The fourth-order valence-electron chi connectivity index (χ4n) is 3.36. The van der Waals surface area contributed by atoms with Crippen molar-refractivity contribution in [1.82, 2.24) is 15.0 Å². The van der Waals surface area contributed by atoms with Gasteiger partial charge >= 0.3 is 0 Å². The van der Waals surface area contributed by atoms with E-state index in [0.29, 0.717) is 6.54 Å². The van der Waals surface area contributed by atoms with Gasteiger partial charge in [0.05, 0.1) is 11.5 Å². The summed E-state index contributed by atoms with van der Waals surface area (Å²) < 4.78 is 5.66. The minimum absolute atomic E-state index is 0.0852. The molecular formula is C15H26N4OS. The molecule has 3 rings (SSSR count). The van der Waals surface area contributed by atoms with Crippen LogP contribution in [-0.4, -0.2) is 46.7 Å². The zero-order valence-corrected chi connectivity index (χ0v) is 13.9. The van der Waals surface area contributed by atoms with Crippen LogP contribution in [0.5, 0.6) is 0 Å². The van der Waals surface area contributed by atoms with Crippen LogP contribution in [-0.2, 0) is 5.41 Å². The van der Waals surface area contributed by atoms with Crippen LogP contribution < -0.4 is 5.73 Å². The van der Waals surface area contributed by atoms with E-state index in [0.717, 1.165) is 42.8 Å². The highest BCUT2D eigenvalue weighted by Gasteiger charge is 2.40. The molecule has 1 aliphatic carbocycles. The predicted molar refractivity (Wildman–Crippen MR) is 85.4 cm³/mol. The van der Waals surface area contributed by atoms with Crippen molar-refractivity contribution < 1.29 is 4.52 Å². The Kier molecular flexibility index (Phi) is 4.57. The first-order valence-corrected chi connectivity index (χ1v) is 9.12. The quantitative estimate of drug-likeness (QED) is 0.923. The maximum atomic E-state index is 6.09. The Morgan fingerprint density at radius 2 is 2.19 bits per heavy atom. The predicted octanol–water partition coefficient (Wildman–Crippen LogP) is 2.20. The Balaban J connectivity index is 1.80. The topological polar surface area (TPSA) is 68.2 Å². The van der Waals surface area contributed by atoms with Crippen LogP contribution in [0.15, 0.2) is 4.52 Å². The highest BCUT2D eigenvalue weighted by atomic mass is 32.2. The molecule has 1 saturated carbocycles. The molecule has 1 aliphatic heterocycles. The summed E-state index contributed by atoms with van der Waals surface area (Å²) in [7, 11) is 2.14. The number of aromatic nitrogens is 2. The van der Waals surface area contributed by atoms with Gasteiger partial charge in [-0.1, -0.05) is 12.1 Å². The van der Waals surface area contributed by atoms with Gasteiger partial charge in [0, 0.05) is 24.6 Å². The van der Waals surface area contributed by atoms with Gasteiger partial charge in [0.25, 0.3) is 0 Å². The number of thioether (sulfide) groups is 1. The first-order valence-electron chi connectivity index (χ1n) is 7.97. The average Bonchev–Trinajstić information content (AvgIpc) is 2.99. The summed E-state index contributed by atoms with van der Waals surface area (Å²) in [6.45, 7) is 4.00. The van der Waals surface area contributed by atoms with Gasteiger partial charge < -0.3 is 10.3 Å². The molecule has 2 fully saturated rings. The first-order chi connectivity index (χ1) is 10.1. The van der Waals surface area contributed by atoms with Gasteiger partial charge in [-0.3, -0.25) is 4.90 Å². The van der Waals surface area contributed by atoms with Crippen molar-refractivity contribution >= 4 is 11.8 Å². The number of rotatable bonds is 3. The van der Waals surface area contributed by atoms with Crippen LogP contribution in [0.3, 0.4) is 0 Å². The lowest BCUT2D eigenvalue weighted by Gasteiger charge is -2.35. The molecule has 1 aromatic heterocycles. The minimum Gasteiger partial charge on any atom is -0.339 e. The summed E-state index contributed by atoms with van der Waals surface area (Å²) in [6, 6.07) is 0.276. The van der Waals surface area contributed by atoms with E-state index in [1.165, 1.54) is 18.6 Å². The van der Waals surface area contributed by atoms with Gasteiger partial charge in [0.15, 0.2) is 5.82 Å². The number of hydrogen-bond donors (Lipinski definition) is 1. The highest BCUT2D eigenvalue weighted by Crippen LogP contribution is 2.40. The fourth-order valence-corrected chi connectivity index (χ4v) is 4.57. The largest absolute Gasteiger partial charge is 0.339 e. The molecule has 21 heavy (non-hydrogen) atoms. The van der Waals surface area contributed by atoms with Crippen molar-refractivity contribution in [3.05, 3.63) is 11.7 Å². The smallest absolute Gasteiger partial charge is 0.234 e. The molecule has 0 spiro atoms. The first kappa shape index (κ1) is 15.3. The molecule has 0 radical (unpaired) electrons. The van der Waals surface area contributed by atoms with E-state index in [2.05, 4.69) is 24.0 Å². The lowest BCUT2D eigenvalue weighted by atomic mass is 9.71. The lowest BCUT2D eigenvalue weighted by Crippen LogP contribution is -2.39. The average molecular weight is 310 g/mol. The van der Waals surface area contributed by atoms with Crippen molar-refractivity contribution in [2.75, 3.05) is 31.6 Å². The van der Waals surface area contributed by atoms with Crippen LogP contribution in [0, 0.1) is 5.92 Å². The Hall–Kier alpha value is -0.590. The van der Waals surface area contributed by atoms with E-state index in [9.17, 15) is 0 Å². The Labute approximate surface area is 131 Å². The third-order valence-corrected chi connectivity index (χ3v) is 6.23. The standard InChI is InChI=1S/C15H26N4OS/c1-11-3-5-15(10-16,6-4-11)14-17-13(18-20-14)12-9-21-8-7-19(12)2/h11-12H,3-10,16H2,1-2H3. The second-order valence-electron chi connectivity index (χ2n) is 6.70. The Morgan fingerprint density at radius 1 is 1.43 bits per heavy atom. The van der Waals surface area contributed by atoms with E-state index in [1.54, 1.807) is 0 Å². The molecule has 0 aromatic carbocycles. The lowest BCUT2D eigenvalue weighted by molar-refractivity contribution is 0.190. The van der Waals surface area contributed by atoms with Crippen molar-refractivity contribution in [3.63, 3.8) is 0 Å². The van der Waals surface area contributed by atoms with E-state index in [-0.39, 0.29) is 11.5 Å². The SMILES string of the molecule is CC1CCC(CN)(c2nc(C3CSCCN3C)no2)CC1. The summed E-state index contributed by atoms with van der Waals surface area (Å²) in [4.78, 5) is 7.09. The van der Waals surface area contributed by atoms with Crippen molar-refractivity contribution in [1.29, 1.82) is 0 Å². The van der Waals surface area contributed by atoms with Crippen LogP contribution in [0.2, 0.25) is 0 Å². The van der Waals surface area contributed by atoms with Gasteiger partial charge in [-0.05, 0) is 38.6 Å². The molecule has 1 aromatic rings. The second-order valence-corrected chi connectivity index (χ2v) is 7.85. The molecule has 1 unspecified atom stereocenters. The molecule has 6 heteroatoms. The molecule has 2 aliphatic rings. The molecule has 2 N–H and O–H groups in total. The van der Waals surface area contributed by atoms with Crippen molar-refractivity contribution in [2.24, 2.45) is 11.7 Å². The number of nitrogens with two attached hydrogens (primary N) is 1. The third kappa shape index (κ3) is 2.98. The van der Waals surface area contributed by atoms with Crippen LogP contribution in [0.4, 0.5) is 0 Å². The highest BCUT2D eigenvalue weighted by molar-refractivity contribution is 7.99. The second kappa shape index (κ2) is 6.26. The van der Waals surface area contributed by atoms with E-state index in [4.69, 9.17) is 15.2 Å². The maximum absolute atomic E-state index is 6.09. The van der Waals surface area contributed by atoms with Crippen LogP contribution in [0.25, 0.3) is 0 Å². The number of hydrogen-bond acceptors (Lipinski definition) is 6. The van der Waals surface area contributed by atoms with Crippen LogP contribution in [0.1, 0.15) is 50.4 Å². The van der Waals surface area contributed by atoms with Gasteiger partial charge in [0.2, 0.25) is 5.89 Å². The molecule has 118 valence electrons. The van der Waals surface area contributed by atoms with Gasteiger partial charge in [0.1, 0.15) is 0 Å². The van der Waals surface area contributed by atoms with E-state index in [1.807, 2.05) is 11.8 Å². The third-order valence-electron chi connectivity index (χ3n) is 5.21. The normalized spacial score (nSPS) is 35.0. The zero-order chi connectivity index (χ0) is 14.9. The zero-order valence-electron chi connectivity index (χ0n) is 13.0. The summed E-state index contributed by atoms with van der Waals surface area (Å²) >= 11 is 1.96. The maximum Gasteiger partial charge on any atom is 0.234 e. The Morgan fingerprint density at radius 3 is 2.86 bits per heavy atom. The summed E-state index contributed by atoms with van der Waals surface area (Å²) in [5.41, 5.74) is 6.00. The molecular weight excluding hydrogens is 284 g/mol. The van der Waals surface area contributed by atoms with E-state index < -0.39 is 0 Å². The van der Waals surface area contributed by atoms with Crippen LogP contribution >= 0.6 is 11.8 Å². The molecule has 0 bridgehead atoms. The molecule has 1 saturated heterocycles. The molecule has 2 heterocycles. The fraction of sp³-hybridized carbons (Fsp3) is 0.867. The molecule has 5 nitrogen and oxygen atoms in total. The van der Waals surface area contributed by atoms with Crippen molar-refractivity contribution in [2.45, 2.75) is 44.1 Å². The van der Waals surface area contributed by atoms with Gasteiger partial charge in [-0.2, -0.15) is 16.7 Å². The van der Waals surface area contributed by atoms with Gasteiger partial charge in [-0.15, -0.1) is 0 Å². The summed E-state index contributed by atoms with van der Waals surface area (Å²) in [6.07, 6.45) is 4.55. The van der Waals surface area contributed by atoms with Crippen molar-refractivity contribution in [3.8, 4) is 0 Å². The monoisotopic (exact) mass is 310 g/mol. The van der Waals surface area contributed by atoms with E-state index >= 15 is 0 Å². The number of nitrogens with zero attached hydrogens (tertiary/aromatic N) is 3. The van der Waals surface area contributed by atoms with Gasteiger partial charge in [-0.25, -0.2) is 0 Å². The summed E-state index contributed by atoms with van der Waals surface area (Å²) in [5, 5.41) is 4.28. The molecule has 1 atom stereocenters. The minimum atomic E-state index is -0.0852.